The molecular weight excluding hydrogens is 310 g/mol. The molecule has 1 aliphatic heterocycles. The highest BCUT2D eigenvalue weighted by Gasteiger charge is 2.13. The van der Waals surface area contributed by atoms with Crippen molar-refractivity contribution in [3.8, 4) is 0 Å². The van der Waals surface area contributed by atoms with Gasteiger partial charge in [0.25, 0.3) is 0 Å². The summed E-state index contributed by atoms with van der Waals surface area (Å²) in [6.07, 6.45) is 2.52. The van der Waals surface area contributed by atoms with Gasteiger partial charge in [0.1, 0.15) is 18.0 Å². The van der Waals surface area contributed by atoms with Gasteiger partial charge in [-0.15, -0.1) is 11.3 Å². The van der Waals surface area contributed by atoms with Gasteiger partial charge in [0.15, 0.2) is 0 Å². The van der Waals surface area contributed by atoms with Crippen LogP contribution in [0.4, 0.5) is 11.6 Å². The predicted octanol–water partition coefficient (Wildman–Crippen LogP) is 2.55. The standard InChI is InChI=1S/C16H23N5OS/c1-12(2)16-20-13(10-23-16)3-4-17-14-9-15(19-11-18-14)21-5-7-22-8-6-21/h9-12H,3-8H2,1-2H3,(H,17,18,19). The minimum Gasteiger partial charge on any atom is -0.378 e. The zero-order valence-electron chi connectivity index (χ0n) is 13.7. The molecule has 0 aromatic carbocycles. The fraction of sp³-hybridized carbons (Fsp3) is 0.562. The highest BCUT2D eigenvalue weighted by molar-refractivity contribution is 7.09. The lowest BCUT2D eigenvalue weighted by molar-refractivity contribution is 0.122. The summed E-state index contributed by atoms with van der Waals surface area (Å²) in [5.41, 5.74) is 1.15. The molecule has 0 amide bonds. The number of nitrogens with one attached hydrogen (secondary N) is 1. The largest absolute Gasteiger partial charge is 0.378 e. The quantitative estimate of drug-likeness (QED) is 0.876. The fourth-order valence-corrected chi connectivity index (χ4v) is 3.30. The minimum absolute atomic E-state index is 0.500. The van der Waals surface area contributed by atoms with E-state index in [1.54, 1.807) is 17.7 Å². The van der Waals surface area contributed by atoms with E-state index in [4.69, 9.17) is 4.74 Å². The second-order valence-corrected chi connectivity index (χ2v) is 6.76. The van der Waals surface area contributed by atoms with Crippen LogP contribution in [0.25, 0.3) is 0 Å². The monoisotopic (exact) mass is 333 g/mol. The van der Waals surface area contributed by atoms with Crippen molar-refractivity contribution >= 4 is 23.0 Å². The normalized spacial score (nSPS) is 15.2. The Bertz CT molecular complexity index is 624. The molecule has 3 rings (SSSR count). The van der Waals surface area contributed by atoms with Crippen molar-refractivity contribution in [3.63, 3.8) is 0 Å². The van der Waals surface area contributed by atoms with Gasteiger partial charge in [-0.05, 0) is 0 Å². The van der Waals surface area contributed by atoms with E-state index in [9.17, 15) is 0 Å². The maximum Gasteiger partial charge on any atom is 0.134 e. The summed E-state index contributed by atoms with van der Waals surface area (Å²) in [6, 6.07) is 2.01. The summed E-state index contributed by atoms with van der Waals surface area (Å²) in [6.45, 7) is 8.45. The van der Waals surface area contributed by atoms with Gasteiger partial charge in [0.2, 0.25) is 0 Å². The SMILES string of the molecule is CC(C)c1nc(CCNc2cc(N3CCOCC3)ncn2)cs1. The highest BCUT2D eigenvalue weighted by atomic mass is 32.1. The first kappa shape index (κ1) is 16.1. The number of nitrogens with zero attached hydrogens (tertiary/aromatic N) is 4. The Kier molecular flexibility index (Phi) is 5.40. The summed E-state index contributed by atoms with van der Waals surface area (Å²) in [7, 11) is 0. The van der Waals surface area contributed by atoms with Crippen molar-refractivity contribution in [2.45, 2.75) is 26.2 Å². The number of aromatic nitrogens is 3. The molecule has 0 radical (unpaired) electrons. The van der Waals surface area contributed by atoms with Gasteiger partial charge in [0.05, 0.1) is 23.9 Å². The van der Waals surface area contributed by atoms with E-state index in [1.807, 2.05) is 6.07 Å². The van der Waals surface area contributed by atoms with E-state index < -0.39 is 0 Å². The molecule has 1 saturated heterocycles. The summed E-state index contributed by atoms with van der Waals surface area (Å²) in [5.74, 6) is 2.32. The van der Waals surface area contributed by atoms with Crippen LogP contribution in [0.2, 0.25) is 0 Å². The van der Waals surface area contributed by atoms with E-state index in [0.29, 0.717) is 5.92 Å². The number of hydrogen-bond acceptors (Lipinski definition) is 7. The molecule has 0 spiro atoms. The van der Waals surface area contributed by atoms with Gasteiger partial charge in [-0.25, -0.2) is 15.0 Å². The van der Waals surface area contributed by atoms with Crippen LogP contribution in [-0.4, -0.2) is 47.8 Å². The van der Waals surface area contributed by atoms with Crippen molar-refractivity contribution in [1.82, 2.24) is 15.0 Å². The van der Waals surface area contributed by atoms with Crippen LogP contribution in [0, 0.1) is 0 Å². The number of thiazole rings is 1. The van der Waals surface area contributed by atoms with Gasteiger partial charge in [0, 0.05) is 43.4 Å². The third-order valence-corrected chi connectivity index (χ3v) is 4.93. The minimum atomic E-state index is 0.500. The first-order valence-corrected chi connectivity index (χ1v) is 8.93. The zero-order chi connectivity index (χ0) is 16.1. The molecule has 0 atom stereocenters. The summed E-state index contributed by atoms with van der Waals surface area (Å²) in [5, 5.41) is 6.72. The van der Waals surface area contributed by atoms with E-state index in [0.717, 1.165) is 56.6 Å². The first-order valence-electron chi connectivity index (χ1n) is 8.05. The Labute approximate surface area is 140 Å². The Balaban J connectivity index is 1.53. The molecule has 2 aromatic heterocycles. The van der Waals surface area contributed by atoms with Crippen LogP contribution >= 0.6 is 11.3 Å². The second kappa shape index (κ2) is 7.70. The van der Waals surface area contributed by atoms with E-state index in [1.165, 1.54) is 5.01 Å². The van der Waals surface area contributed by atoms with Crippen LogP contribution in [0.3, 0.4) is 0 Å². The van der Waals surface area contributed by atoms with Crippen LogP contribution in [-0.2, 0) is 11.2 Å². The fourth-order valence-electron chi connectivity index (χ4n) is 2.43. The maximum absolute atomic E-state index is 5.38. The summed E-state index contributed by atoms with van der Waals surface area (Å²) >= 11 is 1.74. The zero-order valence-corrected chi connectivity index (χ0v) is 14.5. The molecular formula is C16H23N5OS. The van der Waals surface area contributed by atoms with E-state index in [2.05, 4.69) is 44.4 Å². The molecule has 23 heavy (non-hydrogen) atoms. The van der Waals surface area contributed by atoms with E-state index >= 15 is 0 Å². The smallest absolute Gasteiger partial charge is 0.134 e. The molecule has 1 aliphatic rings. The lowest BCUT2D eigenvalue weighted by atomic mass is 10.2. The third-order valence-electron chi connectivity index (χ3n) is 3.74. The molecule has 1 N–H and O–H groups in total. The van der Waals surface area contributed by atoms with Crippen molar-refractivity contribution < 1.29 is 4.74 Å². The van der Waals surface area contributed by atoms with Crippen LogP contribution in [0.15, 0.2) is 17.8 Å². The van der Waals surface area contributed by atoms with Crippen LogP contribution in [0.1, 0.15) is 30.5 Å². The van der Waals surface area contributed by atoms with Crippen molar-refractivity contribution in [3.05, 3.63) is 28.5 Å². The second-order valence-electron chi connectivity index (χ2n) is 5.87. The maximum atomic E-state index is 5.38. The Hall–Kier alpha value is -1.73. The molecule has 0 aliphatic carbocycles. The number of anilines is 2. The molecule has 1 fully saturated rings. The van der Waals surface area contributed by atoms with E-state index in [-0.39, 0.29) is 0 Å². The lowest BCUT2D eigenvalue weighted by Gasteiger charge is -2.27. The number of morpholine rings is 1. The van der Waals surface area contributed by atoms with Crippen LogP contribution < -0.4 is 10.2 Å². The molecule has 0 unspecified atom stereocenters. The van der Waals surface area contributed by atoms with Crippen molar-refractivity contribution in [1.29, 1.82) is 0 Å². The lowest BCUT2D eigenvalue weighted by Crippen LogP contribution is -2.36. The van der Waals surface area contributed by atoms with Crippen molar-refractivity contribution in [2.24, 2.45) is 0 Å². The topological polar surface area (TPSA) is 63.2 Å². The van der Waals surface area contributed by atoms with Crippen molar-refractivity contribution in [2.75, 3.05) is 43.1 Å². The Morgan fingerprint density at radius 3 is 2.87 bits per heavy atom. The van der Waals surface area contributed by atoms with Crippen LogP contribution in [0.5, 0.6) is 0 Å². The molecule has 0 saturated carbocycles. The Morgan fingerprint density at radius 1 is 1.30 bits per heavy atom. The molecule has 7 heteroatoms. The number of ether oxygens (including phenoxy) is 1. The summed E-state index contributed by atoms with van der Waals surface area (Å²) < 4.78 is 5.38. The molecule has 6 nitrogen and oxygen atoms in total. The molecule has 124 valence electrons. The first-order chi connectivity index (χ1) is 11.2. The molecule has 2 aromatic rings. The average Bonchev–Trinajstić information content (AvgIpc) is 3.05. The average molecular weight is 333 g/mol. The van der Waals surface area contributed by atoms with Gasteiger partial charge in [-0.1, -0.05) is 13.8 Å². The number of rotatable bonds is 6. The number of hydrogen-bond donors (Lipinski definition) is 1. The highest BCUT2D eigenvalue weighted by Crippen LogP contribution is 2.19. The third kappa shape index (κ3) is 4.39. The predicted molar refractivity (Wildman–Crippen MR) is 93.5 cm³/mol. The van der Waals surface area contributed by atoms with Gasteiger partial charge in [-0.2, -0.15) is 0 Å². The van der Waals surface area contributed by atoms with Gasteiger partial charge in [-0.3, -0.25) is 0 Å². The van der Waals surface area contributed by atoms with Gasteiger partial charge < -0.3 is 15.0 Å². The molecule has 3 heterocycles. The summed E-state index contributed by atoms with van der Waals surface area (Å²) in [4.78, 5) is 15.5. The Morgan fingerprint density at radius 2 is 2.13 bits per heavy atom. The molecule has 0 bridgehead atoms. The van der Waals surface area contributed by atoms with Gasteiger partial charge >= 0.3 is 0 Å².